The number of ether oxygens (including phenoxy) is 2. The highest BCUT2D eigenvalue weighted by Crippen LogP contribution is 2.12. The molecular weight excluding hydrogens is 322 g/mol. The van der Waals surface area contributed by atoms with Crippen LogP contribution in [0.5, 0.6) is 0 Å². The second-order valence-corrected chi connectivity index (χ2v) is 5.48. The van der Waals surface area contributed by atoms with Gasteiger partial charge in [0.05, 0.1) is 12.7 Å². The Bertz CT molecular complexity index is 575. The van der Waals surface area contributed by atoms with Crippen molar-refractivity contribution in [3.63, 3.8) is 0 Å². The Morgan fingerprint density at radius 2 is 2.00 bits per heavy atom. The molecule has 7 heteroatoms. The molecule has 126 valence electrons. The Hall–Kier alpha value is -2.08. The summed E-state index contributed by atoms with van der Waals surface area (Å²) in [5.41, 5.74) is 0.247. The quantitative estimate of drug-likeness (QED) is 0.769. The first-order valence-electron chi connectivity index (χ1n) is 7.18. The molecule has 1 aromatic carbocycles. The molecule has 1 aromatic rings. The van der Waals surface area contributed by atoms with Crippen LogP contribution in [0.4, 0.5) is 0 Å². The lowest BCUT2D eigenvalue weighted by atomic mass is 9.99. The van der Waals surface area contributed by atoms with Crippen LogP contribution in [0.15, 0.2) is 24.3 Å². The van der Waals surface area contributed by atoms with E-state index in [1.165, 1.54) is 19.2 Å². The van der Waals surface area contributed by atoms with Crippen LogP contribution in [0.2, 0.25) is 5.02 Å². The predicted octanol–water partition coefficient (Wildman–Crippen LogP) is 2.20. The lowest BCUT2D eigenvalue weighted by Crippen LogP contribution is -2.47. The van der Waals surface area contributed by atoms with Crippen molar-refractivity contribution < 1.29 is 23.9 Å². The number of carbonyl (C=O) groups excluding carboxylic acids is 3. The zero-order valence-electron chi connectivity index (χ0n) is 13.3. The van der Waals surface area contributed by atoms with Gasteiger partial charge in [0.15, 0.2) is 6.61 Å². The first-order chi connectivity index (χ1) is 10.9. The average Bonchev–Trinajstić information content (AvgIpc) is 2.56. The molecule has 0 spiro atoms. The zero-order valence-corrected chi connectivity index (χ0v) is 14.1. The van der Waals surface area contributed by atoms with Crippen molar-refractivity contribution in [1.82, 2.24) is 5.32 Å². The Morgan fingerprint density at radius 1 is 1.30 bits per heavy atom. The molecule has 0 fully saturated rings. The standard InChI is InChI=1S/C16H20ClNO5/c1-4-10(2)14(16(21)22-3)18-13(19)9-23-15(20)11-6-5-7-12(17)8-11/h5-8,10,14H,4,9H2,1-3H3,(H,18,19)/t10-,14-/m0/s1. The molecule has 0 unspecified atom stereocenters. The number of benzene rings is 1. The Kier molecular flexibility index (Phi) is 7.54. The van der Waals surface area contributed by atoms with Crippen LogP contribution in [0, 0.1) is 5.92 Å². The smallest absolute Gasteiger partial charge is 0.338 e. The molecule has 0 saturated carbocycles. The van der Waals surface area contributed by atoms with Gasteiger partial charge in [-0.25, -0.2) is 9.59 Å². The second-order valence-electron chi connectivity index (χ2n) is 5.04. The number of carbonyl (C=O) groups is 3. The van der Waals surface area contributed by atoms with Crippen LogP contribution in [0.25, 0.3) is 0 Å². The van der Waals surface area contributed by atoms with Gasteiger partial charge in [-0.3, -0.25) is 4.79 Å². The second kappa shape index (κ2) is 9.15. The third-order valence-electron chi connectivity index (χ3n) is 3.38. The number of methoxy groups -OCH3 is 1. The van der Waals surface area contributed by atoms with E-state index in [1.54, 1.807) is 12.1 Å². The van der Waals surface area contributed by atoms with Crippen molar-refractivity contribution in [3.05, 3.63) is 34.9 Å². The summed E-state index contributed by atoms with van der Waals surface area (Å²) in [6, 6.07) is 5.43. The van der Waals surface area contributed by atoms with Crippen LogP contribution in [0.1, 0.15) is 30.6 Å². The molecule has 0 aliphatic rings. The van der Waals surface area contributed by atoms with Crippen molar-refractivity contribution in [2.45, 2.75) is 26.3 Å². The fourth-order valence-electron chi connectivity index (χ4n) is 1.84. The largest absolute Gasteiger partial charge is 0.467 e. The van der Waals surface area contributed by atoms with Crippen LogP contribution in [-0.4, -0.2) is 37.6 Å². The monoisotopic (exact) mass is 341 g/mol. The maximum Gasteiger partial charge on any atom is 0.338 e. The molecule has 0 radical (unpaired) electrons. The minimum absolute atomic E-state index is 0.102. The summed E-state index contributed by atoms with van der Waals surface area (Å²) >= 11 is 5.78. The van der Waals surface area contributed by atoms with Gasteiger partial charge in [-0.1, -0.05) is 37.9 Å². The molecular formula is C16H20ClNO5. The highest BCUT2D eigenvalue weighted by Gasteiger charge is 2.27. The minimum Gasteiger partial charge on any atom is -0.467 e. The van der Waals surface area contributed by atoms with Crippen LogP contribution in [0.3, 0.4) is 0 Å². The van der Waals surface area contributed by atoms with Crippen molar-refractivity contribution >= 4 is 29.4 Å². The topological polar surface area (TPSA) is 81.7 Å². The molecule has 6 nitrogen and oxygen atoms in total. The number of hydrogen-bond donors (Lipinski definition) is 1. The SMILES string of the molecule is CC[C@H](C)[C@H](NC(=O)COC(=O)c1cccc(Cl)c1)C(=O)OC. The zero-order chi connectivity index (χ0) is 17.4. The van der Waals surface area contributed by atoms with Gasteiger partial charge in [-0.05, 0) is 24.1 Å². The molecule has 0 aromatic heterocycles. The number of rotatable bonds is 7. The van der Waals surface area contributed by atoms with Gasteiger partial charge in [0, 0.05) is 5.02 Å². The average molecular weight is 342 g/mol. The van der Waals surface area contributed by atoms with Crippen molar-refractivity contribution in [3.8, 4) is 0 Å². The first kappa shape index (κ1) is 19.0. The summed E-state index contributed by atoms with van der Waals surface area (Å²) < 4.78 is 9.58. The molecule has 23 heavy (non-hydrogen) atoms. The van der Waals surface area contributed by atoms with E-state index in [0.717, 1.165) is 0 Å². The third-order valence-corrected chi connectivity index (χ3v) is 3.61. The number of hydrogen-bond acceptors (Lipinski definition) is 5. The lowest BCUT2D eigenvalue weighted by molar-refractivity contribution is -0.147. The third kappa shape index (κ3) is 5.90. The number of esters is 2. The van der Waals surface area contributed by atoms with Crippen molar-refractivity contribution in [2.75, 3.05) is 13.7 Å². The van der Waals surface area contributed by atoms with Crippen LogP contribution >= 0.6 is 11.6 Å². The highest BCUT2D eigenvalue weighted by molar-refractivity contribution is 6.30. The van der Waals surface area contributed by atoms with Gasteiger partial charge in [0.1, 0.15) is 6.04 Å². The van der Waals surface area contributed by atoms with Gasteiger partial charge >= 0.3 is 11.9 Å². The fourth-order valence-corrected chi connectivity index (χ4v) is 2.03. The normalized spacial score (nSPS) is 12.9. The van der Waals surface area contributed by atoms with E-state index in [-0.39, 0.29) is 11.5 Å². The summed E-state index contributed by atoms with van der Waals surface area (Å²) in [7, 11) is 1.25. The molecule has 1 rings (SSSR count). The van der Waals surface area contributed by atoms with Gasteiger partial charge in [0.25, 0.3) is 5.91 Å². The van der Waals surface area contributed by atoms with E-state index in [4.69, 9.17) is 16.3 Å². The van der Waals surface area contributed by atoms with Gasteiger partial charge < -0.3 is 14.8 Å². The molecule has 1 N–H and O–H groups in total. The lowest BCUT2D eigenvalue weighted by Gasteiger charge is -2.21. The van der Waals surface area contributed by atoms with E-state index in [2.05, 4.69) is 10.1 Å². The fraction of sp³-hybridized carbons (Fsp3) is 0.438. The Morgan fingerprint density at radius 3 is 2.57 bits per heavy atom. The van der Waals surface area contributed by atoms with E-state index < -0.39 is 30.5 Å². The van der Waals surface area contributed by atoms with Crippen LogP contribution in [-0.2, 0) is 19.1 Å². The molecule has 0 bridgehead atoms. The summed E-state index contributed by atoms with van der Waals surface area (Å²) in [6.45, 7) is 3.22. The molecule has 0 heterocycles. The predicted molar refractivity (Wildman–Crippen MR) is 85.1 cm³/mol. The van der Waals surface area contributed by atoms with Gasteiger partial charge in [-0.2, -0.15) is 0 Å². The van der Waals surface area contributed by atoms with E-state index in [0.29, 0.717) is 11.4 Å². The maximum atomic E-state index is 11.9. The van der Waals surface area contributed by atoms with E-state index in [9.17, 15) is 14.4 Å². The minimum atomic E-state index is -0.776. The maximum absolute atomic E-state index is 11.9. The molecule has 2 atom stereocenters. The van der Waals surface area contributed by atoms with Gasteiger partial charge in [-0.15, -0.1) is 0 Å². The Balaban J connectivity index is 2.58. The van der Waals surface area contributed by atoms with Crippen molar-refractivity contribution in [2.24, 2.45) is 5.92 Å². The van der Waals surface area contributed by atoms with E-state index >= 15 is 0 Å². The number of nitrogens with one attached hydrogen (secondary N) is 1. The van der Waals surface area contributed by atoms with Gasteiger partial charge in [0.2, 0.25) is 0 Å². The summed E-state index contributed by atoms with van der Waals surface area (Å²) in [5, 5.41) is 2.91. The molecule has 0 saturated heterocycles. The van der Waals surface area contributed by atoms with E-state index in [1.807, 2.05) is 13.8 Å². The highest BCUT2D eigenvalue weighted by atomic mass is 35.5. The molecule has 0 aliphatic carbocycles. The Labute approximate surface area is 140 Å². The summed E-state index contributed by atoms with van der Waals surface area (Å²) in [6.07, 6.45) is 0.683. The first-order valence-corrected chi connectivity index (χ1v) is 7.56. The van der Waals surface area contributed by atoms with Crippen LogP contribution < -0.4 is 5.32 Å². The number of amides is 1. The number of halogens is 1. The summed E-state index contributed by atoms with van der Waals surface area (Å²) in [4.78, 5) is 35.4. The molecule has 1 amide bonds. The summed E-state index contributed by atoms with van der Waals surface area (Å²) in [5.74, 6) is -1.87. The molecule has 0 aliphatic heterocycles. The van der Waals surface area contributed by atoms with Crippen molar-refractivity contribution in [1.29, 1.82) is 0 Å².